The molecule has 0 radical (unpaired) electrons. The lowest BCUT2D eigenvalue weighted by Gasteiger charge is -2.24. The summed E-state index contributed by atoms with van der Waals surface area (Å²) >= 11 is 14.0. The number of rotatable bonds is 9. The zero-order chi connectivity index (χ0) is 31.1. The molecule has 0 bridgehead atoms. The van der Waals surface area contributed by atoms with Crippen LogP contribution in [0.1, 0.15) is 70.9 Å². The van der Waals surface area contributed by atoms with Crippen molar-refractivity contribution < 1.29 is 4.90 Å². The van der Waals surface area contributed by atoms with Gasteiger partial charge in [0.25, 0.3) is 0 Å². The molecule has 2 aliphatic rings. The average Bonchev–Trinajstić information content (AvgIpc) is 3.53. The van der Waals surface area contributed by atoms with E-state index in [-0.39, 0.29) is 6.04 Å². The van der Waals surface area contributed by atoms with Gasteiger partial charge in [0.15, 0.2) is 0 Å². The summed E-state index contributed by atoms with van der Waals surface area (Å²) in [4.78, 5) is 1.51. The van der Waals surface area contributed by atoms with Crippen molar-refractivity contribution in [3.05, 3.63) is 117 Å². The lowest BCUT2D eigenvalue weighted by Crippen LogP contribution is -3.06. The normalized spacial score (nSPS) is 21.6. The summed E-state index contributed by atoms with van der Waals surface area (Å²) < 4.78 is 2.52. The standard InChI is InChI=1S/C41H42Cl2N2/c1-4-6-23-44-35(32-14-8-11-28-12-9-16-37(44)39(28)32)20-17-29-25-27(3)26-30(41(29)43)18-21-36-33-15-10-13-31-34(42)19-22-38(40(31)33)45(36)24-7-5-2/h8-22,27,36H,4-7,23-26H2,1-3H3/p+1/b21-18-,29-17+,35-20-. The number of hydrogen-bond donors (Lipinski definition) is 1. The molecule has 45 heavy (non-hydrogen) atoms. The second kappa shape index (κ2) is 12.8. The van der Waals surface area contributed by atoms with Gasteiger partial charge in [0.2, 0.25) is 0 Å². The van der Waals surface area contributed by atoms with Crippen LogP contribution >= 0.6 is 23.2 Å². The molecular weight excluding hydrogens is 591 g/mol. The van der Waals surface area contributed by atoms with Crippen LogP contribution in [0.2, 0.25) is 5.02 Å². The molecule has 0 saturated carbocycles. The van der Waals surface area contributed by atoms with Crippen molar-refractivity contribution in [3.8, 4) is 0 Å². The van der Waals surface area contributed by atoms with Gasteiger partial charge in [0.05, 0.1) is 11.9 Å². The molecule has 1 aliphatic carbocycles. The highest BCUT2D eigenvalue weighted by molar-refractivity contribution is 6.36. The fourth-order valence-corrected chi connectivity index (χ4v) is 8.31. The quantitative estimate of drug-likeness (QED) is 0.165. The molecule has 3 unspecified atom stereocenters. The van der Waals surface area contributed by atoms with E-state index >= 15 is 0 Å². The molecule has 5 aromatic rings. The van der Waals surface area contributed by atoms with Gasteiger partial charge in [-0.25, -0.2) is 0 Å². The largest absolute Gasteiger partial charge is 0.340 e. The van der Waals surface area contributed by atoms with E-state index in [1.54, 1.807) is 0 Å². The number of nitrogens with one attached hydrogen (secondary N) is 1. The van der Waals surface area contributed by atoms with E-state index in [0.29, 0.717) is 5.92 Å². The number of quaternary nitrogens is 1. The highest BCUT2D eigenvalue weighted by Gasteiger charge is 2.35. The van der Waals surface area contributed by atoms with Crippen LogP contribution in [-0.4, -0.2) is 11.1 Å². The van der Waals surface area contributed by atoms with Crippen LogP contribution in [-0.2, 0) is 6.54 Å². The van der Waals surface area contributed by atoms with Gasteiger partial charge < -0.3 is 4.57 Å². The molecule has 1 N–H and O–H groups in total. The van der Waals surface area contributed by atoms with E-state index in [1.165, 1.54) is 79.0 Å². The number of aryl methyl sites for hydroxylation is 1. The van der Waals surface area contributed by atoms with Gasteiger partial charge in [-0.3, -0.25) is 4.90 Å². The fraction of sp³-hybridized carbons (Fsp3) is 0.317. The van der Waals surface area contributed by atoms with Crippen molar-refractivity contribution in [1.29, 1.82) is 0 Å². The summed E-state index contributed by atoms with van der Waals surface area (Å²) in [6, 6.07) is 24.5. The Balaban J connectivity index is 1.29. The maximum Gasteiger partial charge on any atom is 0.140 e. The molecule has 2 nitrogen and oxygen atoms in total. The minimum Gasteiger partial charge on any atom is -0.340 e. The predicted octanol–water partition coefficient (Wildman–Crippen LogP) is 10.4. The highest BCUT2D eigenvalue weighted by Crippen LogP contribution is 2.40. The van der Waals surface area contributed by atoms with Gasteiger partial charge in [-0.05, 0) is 72.4 Å². The molecule has 4 heteroatoms. The average molecular weight is 635 g/mol. The zero-order valence-corrected chi connectivity index (χ0v) is 28.2. The van der Waals surface area contributed by atoms with Gasteiger partial charge in [0, 0.05) is 55.3 Å². The second-order valence-electron chi connectivity index (χ2n) is 13.1. The molecule has 0 spiro atoms. The zero-order valence-electron chi connectivity index (χ0n) is 26.7. The van der Waals surface area contributed by atoms with E-state index in [0.717, 1.165) is 47.8 Å². The number of hydrogen-bond acceptors (Lipinski definition) is 0. The third-order valence-corrected chi connectivity index (χ3v) is 10.8. The number of halogens is 2. The van der Waals surface area contributed by atoms with Crippen LogP contribution in [0.5, 0.6) is 0 Å². The Morgan fingerprint density at radius 3 is 2.44 bits per heavy atom. The monoisotopic (exact) mass is 633 g/mol. The Bertz CT molecular complexity index is 2040. The second-order valence-corrected chi connectivity index (χ2v) is 13.9. The van der Waals surface area contributed by atoms with Gasteiger partial charge in [-0.2, -0.15) is 0 Å². The molecular formula is C41H43Cl2N2+. The smallest absolute Gasteiger partial charge is 0.140 e. The number of aromatic nitrogens is 1. The minimum atomic E-state index is 0.252. The van der Waals surface area contributed by atoms with Crippen LogP contribution in [0.15, 0.2) is 101 Å². The maximum absolute atomic E-state index is 7.28. The molecule has 1 aliphatic heterocycles. The van der Waals surface area contributed by atoms with E-state index < -0.39 is 0 Å². The molecule has 0 fully saturated rings. The van der Waals surface area contributed by atoms with E-state index in [9.17, 15) is 0 Å². The molecule has 2 heterocycles. The lowest BCUT2D eigenvalue weighted by molar-refractivity contribution is -0.854. The Hall–Kier alpha value is -3.30. The Morgan fingerprint density at radius 2 is 1.62 bits per heavy atom. The van der Waals surface area contributed by atoms with Gasteiger partial charge in [0.1, 0.15) is 11.7 Å². The lowest BCUT2D eigenvalue weighted by atomic mass is 9.86. The van der Waals surface area contributed by atoms with Crippen LogP contribution in [0.25, 0.3) is 38.5 Å². The first kappa shape index (κ1) is 30.4. The summed E-state index contributed by atoms with van der Waals surface area (Å²) in [6.45, 7) is 9.01. The summed E-state index contributed by atoms with van der Waals surface area (Å²) in [7, 11) is 0. The molecule has 7 rings (SSSR count). The Labute approximate surface area is 277 Å². The molecule has 3 atom stereocenters. The SMILES string of the molecule is CCCCn1/c(=C\C=C2/CC(C)CC(/C=C\C3c4cccc5c(Cl)ccc(c45)[NH+]3CCCC)=C2Cl)c2cccc3cccc1c32. The minimum absolute atomic E-state index is 0.252. The molecule has 0 amide bonds. The van der Waals surface area contributed by atoms with Crippen LogP contribution in [0, 0.1) is 5.92 Å². The summed E-state index contributed by atoms with van der Waals surface area (Å²) in [6.07, 6.45) is 16.1. The third kappa shape index (κ3) is 5.46. The first-order chi connectivity index (χ1) is 22.0. The van der Waals surface area contributed by atoms with E-state index in [4.69, 9.17) is 23.2 Å². The Kier molecular flexibility index (Phi) is 8.66. The highest BCUT2D eigenvalue weighted by atomic mass is 35.5. The summed E-state index contributed by atoms with van der Waals surface area (Å²) in [5.41, 5.74) is 6.55. The summed E-state index contributed by atoms with van der Waals surface area (Å²) in [5, 5.41) is 9.53. The molecule has 230 valence electrons. The van der Waals surface area contributed by atoms with Gasteiger partial charge in [-0.1, -0.05) is 117 Å². The number of benzene rings is 4. The van der Waals surface area contributed by atoms with Gasteiger partial charge >= 0.3 is 0 Å². The first-order valence-electron chi connectivity index (χ1n) is 16.8. The fourth-order valence-electron chi connectivity index (χ4n) is 7.81. The van der Waals surface area contributed by atoms with Crippen LogP contribution in [0.4, 0.5) is 5.69 Å². The molecule has 0 saturated heterocycles. The number of allylic oxidation sites excluding steroid dienone is 5. The van der Waals surface area contributed by atoms with Crippen molar-refractivity contribution in [3.63, 3.8) is 0 Å². The Morgan fingerprint density at radius 1 is 0.844 bits per heavy atom. The van der Waals surface area contributed by atoms with E-state index in [1.807, 2.05) is 0 Å². The predicted molar refractivity (Wildman–Crippen MR) is 195 cm³/mol. The van der Waals surface area contributed by atoms with Crippen molar-refractivity contribution >= 4 is 67.4 Å². The van der Waals surface area contributed by atoms with Crippen molar-refractivity contribution in [2.24, 2.45) is 5.92 Å². The molecule has 1 aromatic heterocycles. The number of unbranched alkanes of at least 4 members (excludes halogenated alkanes) is 2. The van der Waals surface area contributed by atoms with Crippen LogP contribution in [0.3, 0.4) is 0 Å². The van der Waals surface area contributed by atoms with Crippen molar-refractivity contribution in [2.45, 2.75) is 71.9 Å². The van der Waals surface area contributed by atoms with Gasteiger partial charge in [-0.15, -0.1) is 0 Å². The van der Waals surface area contributed by atoms with E-state index in [2.05, 4.69) is 116 Å². The molecule has 4 aromatic carbocycles. The summed E-state index contributed by atoms with van der Waals surface area (Å²) in [5.74, 6) is 0.531. The number of nitrogens with zero attached hydrogens (tertiary/aromatic N) is 1. The maximum atomic E-state index is 7.28. The first-order valence-corrected chi connectivity index (χ1v) is 17.6. The third-order valence-electron chi connectivity index (χ3n) is 9.98. The van der Waals surface area contributed by atoms with Crippen molar-refractivity contribution in [1.82, 2.24) is 4.57 Å². The van der Waals surface area contributed by atoms with Crippen LogP contribution < -0.4 is 10.2 Å². The van der Waals surface area contributed by atoms with Crippen molar-refractivity contribution in [2.75, 3.05) is 6.54 Å². The topological polar surface area (TPSA) is 9.37 Å².